The van der Waals surface area contributed by atoms with Crippen molar-refractivity contribution < 1.29 is 8.78 Å². The molecule has 94 valence electrons. The summed E-state index contributed by atoms with van der Waals surface area (Å²) in [5.74, 6) is -1.12. The first-order valence-electron chi connectivity index (χ1n) is 6.02. The fraction of sp³-hybridized carbons (Fsp3) is 0.357. The van der Waals surface area contributed by atoms with Gasteiger partial charge in [-0.05, 0) is 33.0 Å². The Bertz CT molecular complexity index is 573. The van der Waals surface area contributed by atoms with E-state index < -0.39 is 11.6 Å². The molecule has 1 atom stereocenters. The largest absolute Gasteiger partial charge is 0.303 e. The van der Waals surface area contributed by atoms with Gasteiger partial charge in [0.25, 0.3) is 0 Å². The van der Waals surface area contributed by atoms with Crippen molar-refractivity contribution >= 4 is 17.0 Å². The van der Waals surface area contributed by atoms with E-state index in [2.05, 4.69) is 16.0 Å². The van der Waals surface area contributed by atoms with E-state index >= 15 is 0 Å². The highest BCUT2D eigenvalue weighted by Gasteiger charge is 2.29. The van der Waals surface area contributed by atoms with Crippen LogP contribution in [0, 0.1) is 11.6 Å². The Kier molecular flexibility index (Phi) is 2.55. The van der Waals surface area contributed by atoms with E-state index in [9.17, 15) is 8.78 Å². The highest BCUT2D eigenvalue weighted by Crippen LogP contribution is 2.41. The number of halogens is 2. The maximum Gasteiger partial charge on any atom is 0.152 e. The van der Waals surface area contributed by atoms with Crippen LogP contribution in [-0.2, 0) is 0 Å². The van der Waals surface area contributed by atoms with Crippen molar-refractivity contribution in [2.24, 2.45) is 4.99 Å². The Hall–Kier alpha value is -1.55. The van der Waals surface area contributed by atoms with Gasteiger partial charge in [-0.1, -0.05) is 6.08 Å². The fourth-order valence-electron chi connectivity index (χ4n) is 2.58. The van der Waals surface area contributed by atoms with Gasteiger partial charge in [0.05, 0.1) is 0 Å². The number of rotatable bonds is 1. The topological polar surface area (TPSA) is 15.6 Å². The van der Waals surface area contributed by atoms with Crippen LogP contribution in [0.25, 0.3) is 5.57 Å². The first-order chi connectivity index (χ1) is 8.56. The second-order valence-corrected chi connectivity index (χ2v) is 4.99. The smallest absolute Gasteiger partial charge is 0.152 e. The Morgan fingerprint density at radius 3 is 2.78 bits per heavy atom. The molecule has 3 rings (SSSR count). The van der Waals surface area contributed by atoms with Crippen LogP contribution in [0.15, 0.2) is 23.2 Å². The Labute approximate surface area is 105 Å². The molecule has 0 fully saturated rings. The minimum atomic E-state index is -0.575. The van der Waals surface area contributed by atoms with E-state index in [1.165, 1.54) is 6.07 Å². The lowest BCUT2D eigenvalue weighted by atomic mass is 9.90. The molecule has 0 aromatic heterocycles. The van der Waals surface area contributed by atoms with Crippen LogP contribution in [-0.4, -0.2) is 30.7 Å². The summed E-state index contributed by atoms with van der Waals surface area (Å²) in [7, 11) is 4.01. The third kappa shape index (κ3) is 1.68. The normalized spacial score (nSPS) is 21.5. The molecule has 1 aliphatic carbocycles. The summed E-state index contributed by atoms with van der Waals surface area (Å²) >= 11 is 0. The zero-order valence-electron chi connectivity index (χ0n) is 10.4. The minimum absolute atomic E-state index is 0.289. The van der Waals surface area contributed by atoms with Crippen LogP contribution >= 0.6 is 0 Å². The van der Waals surface area contributed by atoms with Crippen LogP contribution in [0.4, 0.5) is 14.5 Å². The van der Waals surface area contributed by atoms with Crippen molar-refractivity contribution in [2.45, 2.75) is 18.9 Å². The summed E-state index contributed by atoms with van der Waals surface area (Å²) in [6.45, 7) is 0. The molecule has 4 heteroatoms. The number of aliphatic imine (C=N–C) groups is 1. The molecule has 1 aliphatic heterocycles. The SMILES string of the molecule is CN(C)C1C=C2C(=Nc3c(F)cc(F)cc32)CC1. The van der Waals surface area contributed by atoms with Gasteiger partial charge in [0.15, 0.2) is 5.82 Å². The first kappa shape index (κ1) is 11.5. The third-order valence-electron chi connectivity index (χ3n) is 3.58. The molecule has 1 unspecified atom stereocenters. The van der Waals surface area contributed by atoms with Crippen molar-refractivity contribution in [3.05, 3.63) is 35.4 Å². The second-order valence-electron chi connectivity index (χ2n) is 4.99. The lowest BCUT2D eigenvalue weighted by Gasteiger charge is -2.26. The molecule has 0 spiro atoms. The number of benzene rings is 1. The summed E-state index contributed by atoms with van der Waals surface area (Å²) in [6, 6.07) is 2.57. The average Bonchev–Trinajstić information content (AvgIpc) is 2.67. The number of hydrogen-bond acceptors (Lipinski definition) is 2. The molecular weight excluding hydrogens is 234 g/mol. The predicted octanol–water partition coefficient (Wildman–Crippen LogP) is 3.16. The van der Waals surface area contributed by atoms with Crippen LogP contribution in [0.2, 0.25) is 0 Å². The monoisotopic (exact) mass is 248 g/mol. The molecule has 2 aliphatic rings. The molecule has 2 nitrogen and oxygen atoms in total. The molecule has 0 saturated carbocycles. The number of nitrogens with zero attached hydrogens (tertiary/aromatic N) is 2. The van der Waals surface area contributed by atoms with Gasteiger partial charge in [-0.25, -0.2) is 13.8 Å². The van der Waals surface area contributed by atoms with Crippen molar-refractivity contribution in [2.75, 3.05) is 14.1 Å². The molecule has 0 saturated heterocycles. The zero-order chi connectivity index (χ0) is 12.9. The Morgan fingerprint density at radius 1 is 1.28 bits per heavy atom. The maximum absolute atomic E-state index is 13.7. The highest BCUT2D eigenvalue weighted by molar-refractivity contribution is 6.29. The quantitative estimate of drug-likeness (QED) is 0.745. The standard InChI is InChI=1S/C14H14F2N2/c1-18(2)9-3-4-13-10(7-9)11-5-8(15)6-12(16)14(11)17-13/h5-7,9H,3-4H2,1-2H3. The number of hydrogen-bond donors (Lipinski definition) is 0. The van der Waals surface area contributed by atoms with Crippen molar-refractivity contribution in [3.63, 3.8) is 0 Å². The lowest BCUT2D eigenvalue weighted by Crippen LogP contribution is -2.29. The van der Waals surface area contributed by atoms with Gasteiger partial charge < -0.3 is 4.90 Å². The highest BCUT2D eigenvalue weighted by atomic mass is 19.1. The Morgan fingerprint density at radius 2 is 2.06 bits per heavy atom. The van der Waals surface area contributed by atoms with Crippen LogP contribution in [0.5, 0.6) is 0 Å². The van der Waals surface area contributed by atoms with E-state index in [4.69, 9.17) is 0 Å². The van der Waals surface area contributed by atoms with E-state index in [1.54, 1.807) is 0 Å². The molecule has 1 aromatic carbocycles. The van der Waals surface area contributed by atoms with Gasteiger partial charge in [-0.2, -0.15) is 0 Å². The van der Waals surface area contributed by atoms with E-state index in [0.717, 1.165) is 30.2 Å². The van der Waals surface area contributed by atoms with Crippen LogP contribution in [0.3, 0.4) is 0 Å². The number of fused-ring (bicyclic) bond motifs is 3. The molecule has 0 amide bonds. The van der Waals surface area contributed by atoms with Gasteiger partial charge in [0.1, 0.15) is 11.5 Å². The van der Waals surface area contributed by atoms with E-state index in [-0.39, 0.29) is 5.69 Å². The summed E-state index contributed by atoms with van der Waals surface area (Å²) in [4.78, 5) is 6.40. The zero-order valence-corrected chi connectivity index (χ0v) is 10.4. The molecule has 0 bridgehead atoms. The van der Waals surface area contributed by atoms with Gasteiger partial charge in [0.2, 0.25) is 0 Å². The molecule has 0 radical (unpaired) electrons. The van der Waals surface area contributed by atoms with Gasteiger partial charge in [-0.15, -0.1) is 0 Å². The summed E-state index contributed by atoms with van der Waals surface area (Å²) in [6.07, 6.45) is 3.84. The third-order valence-corrected chi connectivity index (χ3v) is 3.58. The lowest BCUT2D eigenvalue weighted by molar-refractivity contribution is 0.330. The van der Waals surface area contributed by atoms with E-state index in [1.807, 2.05) is 14.1 Å². The minimum Gasteiger partial charge on any atom is -0.303 e. The Balaban J connectivity index is 2.13. The summed E-state index contributed by atoms with van der Waals surface area (Å²) in [5, 5.41) is 0. The average molecular weight is 248 g/mol. The van der Waals surface area contributed by atoms with Crippen molar-refractivity contribution in [3.8, 4) is 0 Å². The molecular formula is C14H14F2N2. The van der Waals surface area contributed by atoms with Crippen molar-refractivity contribution in [1.29, 1.82) is 0 Å². The fourth-order valence-corrected chi connectivity index (χ4v) is 2.58. The van der Waals surface area contributed by atoms with E-state index in [0.29, 0.717) is 11.6 Å². The number of allylic oxidation sites excluding steroid dienone is 1. The van der Waals surface area contributed by atoms with Gasteiger partial charge in [-0.3, -0.25) is 0 Å². The second kappa shape index (κ2) is 3.99. The summed E-state index contributed by atoms with van der Waals surface area (Å²) < 4.78 is 27.0. The van der Waals surface area contributed by atoms with Gasteiger partial charge in [0, 0.05) is 29.0 Å². The van der Waals surface area contributed by atoms with Crippen LogP contribution in [0.1, 0.15) is 18.4 Å². The molecule has 1 aromatic rings. The van der Waals surface area contributed by atoms with Gasteiger partial charge >= 0.3 is 0 Å². The van der Waals surface area contributed by atoms with Crippen LogP contribution < -0.4 is 0 Å². The first-order valence-corrected chi connectivity index (χ1v) is 6.02. The van der Waals surface area contributed by atoms with Crippen molar-refractivity contribution in [1.82, 2.24) is 4.90 Å². The maximum atomic E-state index is 13.7. The molecule has 18 heavy (non-hydrogen) atoms. The molecule has 1 heterocycles. The number of likely N-dealkylation sites (N-methyl/N-ethyl adjacent to an activating group) is 1. The summed E-state index contributed by atoms with van der Waals surface area (Å²) in [5.41, 5.74) is 2.66. The predicted molar refractivity (Wildman–Crippen MR) is 68.1 cm³/mol. The molecule has 0 N–H and O–H groups in total.